The second kappa shape index (κ2) is 7.37. The molecule has 6 nitrogen and oxygen atoms in total. The van der Waals surface area contributed by atoms with Gasteiger partial charge in [-0.1, -0.05) is 30.3 Å². The molecule has 1 N–H and O–H groups in total. The Bertz CT molecular complexity index is 1100. The molecule has 1 heterocycles. The van der Waals surface area contributed by atoms with Crippen LogP contribution in [0.5, 0.6) is 0 Å². The van der Waals surface area contributed by atoms with Crippen LogP contribution in [0.3, 0.4) is 0 Å². The molecule has 1 aliphatic rings. The summed E-state index contributed by atoms with van der Waals surface area (Å²) in [6.07, 6.45) is 3.00. The van der Waals surface area contributed by atoms with Crippen molar-refractivity contribution in [3.8, 4) is 0 Å². The zero-order valence-corrected chi connectivity index (χ0v) is 16.9. The molecule has 0 spiro atoms. The summed E-state index contributed by atoms with van der Waals surface area (Å²) in [6, 6.07) is 15.0. The molecule has 1 aromatic heterocycles. The number of carbonyl (C=O) groups is 1. The maximum absolute atomic E-state index is 13.2. The van der Waals surface area contributed by atoms with E-state index in [-0.39, 0.29) is 10.5 Å². The van der Waals surface area contributed by atoms with Crippen LogP contribution in [0.25, 0.3) is 0 Å². The van der Waals surface area contributed by atoms with E-state index in [0.717, 1.165) is 25.0 Å². The molecule has 1 amide bonds. The Morgan fingerprint density at radius 2 is 1.79 bits per heavy atom. The van der Waals surface area contributed by atoms with Crippen molar-refractivity contribution in [3.63, 3.8) is 0 Å². The van der Waals surface area contributed by atoms with Crippen molar-refractivity contribution in [2.75, 3.05) is 16.7 Å². The average Bonchev–Trinajstić information content (AvgIpc) is 3.29. The SMILES string of the molecule is CN(c1ccccc1)S(=O)(=O)c1ccccc1C(=O)Nc1nc2c(s1)CCC2. The number of nitrogens with one attached hydrogen (secondary N) is 1. The fourth-order valence-corrected chi connectivity index (χ4v) is 5.64. The first-order chi connectivity index (χ1) is 13.5. The lowest BCUT2D eigenvalue weighted by atomic mass is 10.2. The average molecular weight is 414 g/mol. The number of sulfonamides is 1. The first-order valence-corrected chi connectivity index (χ1v) is 11.2. The summed E-state index contributed by atoms with van der Waals surface area (Å²) in [4.78, 5) is 18.5. The number of nitrogens with zero attached hydrogens (tertiary/aromatic N) is 2. The minimum absolute atomic E-state index is 0.0389. The van der Waals surface area contributed by atoms with Gasteiger partial charge in [0, 0.05) is 11.9 Å². The van der Waals surface area contributed by atoms with Crippen molar-refractivity contribution >= 4 is 38.1 Å². The Morgan fingerprint density at radius 1 is 1.07 bits per heavy atom. The topological polar surface area (TPSA) is 79.4 Å². The van der Waals surface area contributed by atoms with E-state index in [1.54, 1.807) is 36.4 Å². The molecule has 4 rings (SSSR count). The molecule has 0 radical (unpaired) electrons. The number of anilines is 2. The highest BCUT2D eigenvalue weighted by atomic mass is 32.2. The molecule has 1 aliphatic carbocycles. The predicted molar refractivity (Wildman–Crippen MR) is 111 cm³/mol. The van der Waals surface area contributed by atoms with E-state index in [0.29, 0.717) is 10.8 Å². The molecule has 0 unspecified atom stereocenters. The minimum atomic E-state index is -3.90. The highest BCUT2D eigenvalue weighted by Gasteiger charge is 2.27. The molecule has 28 heavy (non-hydrogen) atoms. The lowest BCUT2D eigenvalue weighted by Crippen LogP contribution is -2.28. The maximum atomic E-state index is 13.2. The second-order valence-electron chi connectivity index (χ2n) is 6.50. The quantitative estimate of drug-likeness (QED) is 0.692. The molecule has 0 saturated carbocycles. The third-order valence-electron chi connectivity index (χ3n) is 4.71. The van der Waals surface area contributed by atoms with E-state index < -0.39 is 15.9 Å². The Hall–Kier alpha value is -2.71. The van der Waals surface area contributed by atoms with Gasteiger partial charge in [0.15, 0.2) is 5.13 Å². The van der Waals surface area contributed by atoms with Gasteiger partial charge in [-0.3, -0.25) is 14.4 Å². The summed E-state index contributed by atoms with van der Waals surface area (Å²) in [5, 5.41) is 3.28. The van der Waals surface area contributed by atoms with Crippen LogP contribution in [-0.4, -0.2) is 26.4 Å². The number of thiazole rings is 1. The predicted octanol–water partition coefficient (Wildman–Crippen LogP) is 3.71. The van der Waals surface area contributed by atoms with Gasteiger partial charge in [0.1, 0.15) is 4.90 Å². The van der Waals surface area contributed by atoms with Gasteiger partial charge in [-0.15, -0.1) is 11.3 Å². The van der Waals surface area contributed by atoms with E-state index in [1.807, 2.05) is 6.07 Å². The molecular formula is C20H19N3O3S2. The number of benzene rings is 2. The van der Waals surface area contributed by atoms with Gasteiger partial charge in [-0.25, -0.2) is 13.4 Å². The van der Waals surface area contributed by atoms with E-state index >= 15 is 0 Å². The minimum Gasteiger partial charge on any atom is -0.298 e. The van der Waals surface area contributed by atoms with Crippen LogP contribution >= 0.6 is 11.3 Å². The molecule has 0 fully saturated rings. The Labute approximate surface area is 167 Å². The fraction of sp³-hybridized carbons (Fsp3) is 0.200. The fourth-order valence-electron chi connectivity index (χ4n) is 3.21. The van der Waals surface area contributed by atoms with E-state index in [9.17, 15) is 13.2 Å². The van der Waals surface area contributed by atoms with Crippen LogP contribution < -0.4 is 9.62 Å². The second-order valence-corrected chi connectivity index (χ2v) is 9.52. The van der Waals surface area contributed by atoms with Crippen molar-refractivity contribution in [3.05, 3.63) is 70.7 Å². The summed E-state index contributed by atoms with van der Waals surface area (Å²) in [6.45, 7) is 0. The standard InChI is InChI=1S/C20H19N3O3S2/c1-23(14-8-3-2-4-9-14)28(25,26)18-13-6-5-10-15(18)19(24)22-20-21-16-11-7-12-17(16)27-20/h2-6,8-10,13H,7,11-12H2,1H3,(H,21,22,24). The number of fused-ring (bicyclic) bond motifs is 1. The number of amides is 1. The molecule has 0 bridgehead atoms. The third-order valence-corrected chi connectivity index (χ3v) is 7.62. The highest BCUT2D eigenvalue weighted by molar-refractivity contribution is 7.92. The number of para-hydroxylation sites is 1. The zero-order valence-electron chi connectivity index (χ0n) is 15.3. The van der Waals surface area contributed by atoms with Gasteiger partial charge >= 0.3 is 0 Å². The first kappa shape index (κ1) is 18.6. The Morgan fingerprint density at radius 3 is 2.54 bits per heavy atom. The van der Waals surface area contributed by atoms with Crippen molar-refractivity contribution in [1.82, 2.24) is 4.98 Å². The zero-order chi connectivity index (χ0) is 19.7. The van der Waals surface area contributed by atoms with Crippen LogP contribution in [0.2, 0.25) is 0 Å². The van der Waals surface area contributed by atoms with Gasteiger partial charge < -0.3 is 0 Å². The van der Waals surface area contributed by atoms with Gasteiger partial charge in [0.05, 0.1) is 16.9 Å². The summed E-state index contributed by atoms with van der Waals surface area (Å²) < 4.78 is 27.5. The number of rotatable bonds is 5. The summed E-state index contributed by atoms with van der Waals surface area (Å²) in [5.41, 5.74) is 1.65. The molecular weight excluding hydrogens is 394 g/mol. The monoisotopic (exact) mass is 413 g/mol. The lowest BCUT2D eigenvalue weighted by molar-refractivity contribution is 0.102. The highest BCUT2D eigenvalue weighted by Crippen LogP contribution is 2.31. The van der Waals surface area contributed by atoms with Gasteiger partial charge in [-0.2, -0.15) is 0 Å². The van der Waals surface area contributed by atoms with E-state index in [2.05, 4.69) is 10.3 Å². The van der Waals surface area contributed by atoms with Gasteiger partial charge in [-0.05, 0) is 43.5 Å². The number of carbonyl (C=O) groups excluding carboxylic acids is 1. The summed E-state index contributed by atoms with van der Waals surface area (Å²) >= 11 is 1.46. The van der Waals surface area contributed by atoms with Crippen molar-refractivity contribution in [2.45, 2.75) is 24.2 Å². The van der Waals surface area contributed by atoms with Crippen LogP contribution in [0.4, 0.5) is 10.8 Å². The molecule has 0 atom stereocenters. The first-order valence-electron chi connectivity index (χ1n) is 8.90. The summed E-state index contributed by atoms with van der Waals surface area (Å²) in [5.74, 6) is -0.479. The van der Waals surface area contributed by atoms with E-state index in [4.69, 9.17) is 0 Å². The van der Waals surface area contributed by atoms with Crippen LogP contribution in [0.15, 0.2) is 59.5 Å². The number of aromatic nitrogens is 1. The molecule has 0 saturated heterocycles. The normalized spacial score (nSPS) is 13.2. The third kappa shape index (κ3) is 3.41. The van der Waals surface area contributed by atoms with Crippen LogP contribution in [0.1, 0.15) is 27.3 Å². The van der Waals surface area contributed by atoms with Crippen molar-refractivity contribution in [2.24, 2.45) is 0 Å². The molecule has 0 aliphatic heterocycles. The van der Waals surface area contributed by atoms with Crippen molar-refractivity contribution in [1.29, 1.82) is 0 Å². The van der Waals surface area contributed by atoms with Gasteiger partial charge in [0.25, 0.3) is 15.9 Å². The van der Waals surface area contributed by atoms with E-state index in [1.165, 1.54) is 39.7 Å². The smallest absolute Gasteiger partial charge is 0.264 e. The van der Waals surface area contributed by atoms with Crippen molar-refractivity contribution < 1.29 is 13.2 Å². The Balaban J connectivity index is 1.65. The van der Waals surface area contributed by atoms with Gasteiger partial charge in [0.2, 0.25) is 0 Å². The van der Waals surface area contributed by atoms with Crippen LogP contribution in [-0.2, 0) is 22.9 Å². The number of aryl methyl sites for hydroxylation is 2. The maximum Gasteiger partial charge on any atom is 0.264 e. The number of hydrogen-bond donors (Lipinski definition) is 1. The Kier molecular flexibility index (Phi) is 4.91. The molecule has 3 aromatic rings. The molecule has 2 aromatic carbocycles. The molecule has 8 heteroatoms. The number of hydrogen-bond acceptors (Lipinski definition) is 5. The lowest BCUT2D eigenvalue weighted by Gasteiger charge is -2.21. The largest absolute Gasteiger partial charge is 0.298 e. The summed E-state index contributed by atoms with van der Waals surface area (Å²) in [7, 11) is -2.42. The molecule has 144 valence electrons. The van der Waals surface area contributed by atoms with Crippen LogP contribution in [0, 0.1) is 0 Å².